The molecule has 2 aromatic rings. The smallest absolute Gasteiger partial charge is 0.346 e. The minimum atomic E-state index is -1.23. The predicted octanol–water partition coefficient (Wildman–Crippen LogP) is 0.653. The van der Waals surface area contributed by atoms with E-state index in [9.17, 15) is 23.2 Å². The van der Waals surface area contributed by atoms with Crippen LogP contribution in [0, 0.1) is 11.6 Å². The Hall–Kier alpha value is -3.04. The average Bonchev–Trinajstić information content (AvgIpc) is 2.84. The van der Waals surface area contributed by atoms with Gasteiger partial charge in [0.2, 0.25) is 11.8 Å². The molecule has 1 aliphatic rings. The summed E-state index contributed by atoms with van der Waals surface area (Å²) in [5.41, 5.74) is -0.295. The van der Waals surface area contributed by atoms with Gasteiger partial charge in [0, 0.05) is 20.0 Å². The number of aryl methyl sites for hydroxylation is 1. The van der Waals surface area contributed by atoms with Crippen molar-refractivity contribution in [2.75, 3.05) is 7.05 Å². The van der Waals surface area contributed by atoms with E-state index in [-0.39, 0.29) is 17.8 Å². The van der Waals surface area contributed by atoms with Crippen LogP contribution in [-0.4, -0.2) is 33.2 Å². The molecule has 3 rings (SSSR count). The van der Waals surface area contributed by atoms with E-state index < -0.39 is 29.5 Å². The minimum absolute atomic E-state index is 0.0829. The molecule has 2 N–H and O–H groups in total. The highest BCUT2D eigenvalue weighted by Crippen LogP contribution is 2.17. The van der Waals surface area contributed by atoms with Crippen LogP contribution in [0.25, 0.3) is 0 Å². The number of hydrogen-bond acceptors (Lipinski definition) is 4. The van der Waals surface area contributed by atoms with Gasteiger partial charge in [0.25, 0.3) is 0 Å². The first kappa shape index (κ1) is 19.7. The third-order valence-electron chi connectivity index (χ3n) is 4.67. The lowest BCUT2D eigenvalue weighted by Crippen LogP contribution is -2.41. The monoisotopic (exact) mass is 393 g/mol. The second-order valence-electron chi connectivity index (χ2n) is 6.61. The lowest BCUT2D eigenvalue weighted by atomic mass is 10.1. The van der Waals surface area contributed by atoms with Gasteiger partial charge in [0.15, 0.2) is 11.6 Å². The molecular formula is C18H21F2N5O3. The topological polar surface area (TPSA) is 98.0 Å². The molecule has 150 valence electrons. The molecule has 0 saturated heterocycles. The average molecular weight is 393 g/mol. The van der Waals surface area contributed by atoms with Gasteiger partial charge in [-0.15, -0.1) is 0 Å². The lowest BCUT2D eigenvalue weighted by molar-refractivity contribution is -0.129. The number of hydrogen-bond donors (Lipinski definition) is 2. The van der Waals surface area contributed by atoms with Crippen LogP contribution in [-0.2, 0) is 29.1 Å². The van der Waals surface area contributed by atoms with Gasteiger partial charge in [-0.2, -0.15) is 5.10 Å². The third-order valence-corrected chi connectivity index (χ3v) is 4.67. The molecule has 28 heavy (non-hydrogen) atoms. The Morgan fingerprint density at radius 3 is 2.71 bits per heavy atom. The molecule has 0 spiro atoms. The van der Waals surface area contributed by atoms with Crippen LogP contribution in [0.5, 0.6) is 0 Å². The Labute approximate surface area is 159 Å². The number of nitrogens with one attached hydrogen (secondary N) is 2. The standard InChI is InChI=1S/C18H21F2N5O3/c1-21-17(27)16(11-6-7-12(19)13(20)9-11)22-15(26)10-25-18(28)24-8-4-2-3-5-14(24)23-25/h6-7,9,16H,2-5,8,10H2,1H3,(H,21,27)(H,22,26). The van der Waals surface area contributed by atoms with Crippen molar-refractivity contribution >= 4 is 11.8 Å². The third kappa shape index (κ3) is 4.10. The highest BCUT2D eigenvalue weighted by atomic mass is 19.2. The summed E-state index contributed by atoms with van der Waals surface area (Å²) in [6.07, 6.45) is 3.49. The van der Waals surface area contributed by atoms with Crippen molar-refractivity contribution in [2.24, 2.45) is 0 Å². The van der Waals surface area contributed by atoms with Crippen molar-refractivity contribution < 1.29 is 18.4 Å². The molecule has 0 fully saturated rings. The van der Waals surface area contributed by atoms with E-state index in [0.717, 1.165) is 36.1 Å². The largest absolute Gasteiger partial charge is 0.357 e. The van der Waals surface area contributed by atoms with Crippen LogP contribution in [0.4, 0.5) is 8.78 Å². The lowest BCUT2D eigenvalue weighted by Gasteiger charge is -2.18. The maximum atomic E-state index is 13.5. The molecule has 1 unspecified atom stereocenters. The number of rotatable bonds is 5. The fourth-order valence-corrected chi connectivity index (χ4v) is 3.21. The number of likely N-dealkylation sites (N-methyl/N-ethyl adjacent to an activating group) is 1. The Morgan fingerprint density at radius 2 is 2.00 bits per heavy atom. The summed E-state index contributed by atoms with van der Waals surface area (Å²) in [6.45, 7) is 0.182. The summed E-state index contributed by atoms with van der Waals surface area (Å²) >= 11 is 0. The first-order chi connectivity index (χ1) is 13.4. The van der Waals surface area contributed by atoms with E-state index in [4.69, 9.17) is 0 Å². The zero-order valence-electron chi connectivity index (χ0n) is 15.4. The number of halogens is 2. The van der Waals surface area contributed by atoms with E-state index >= 15 is 0 Å². The van der Waals surface area contributed by atoms with E-state index in [1.165, 1.54) is 13.1 Å². The fourth-order valence-electron chi connectivity index (χ4n) is 3.21. The summed E-state index contributed by atoms with van der Waals surface area (Å²) in [5, 5.41) is 9.03. The van der Waals surface area contributed by atoms with Gasteiger partial charge in [-0.25, -0.2) is 18.3 Å². The molecule has 0 bridgehead atoms. The number of fused-ring (bicyclic) bond motifs is 1. The van der Waals surface area contributed by atoms with Gasteiger partial charge in [-0.1, -0.05) is 12.5 Å². The molecule has 1 aromatic carbocycles. The minimum Gasteiger partial charge on any atom is -0.357 e. The summed E-state index contributed by atoms with van der Waals surface area (Å²) in [4.78, 5) is 37.0. The molecule has 0 radical (unpaired) electrons. The van der Waals surface area contributed by atoms with Crippen molar-refractivity contribution in [3.63, 3.8) is 0 Å². The first-order valence-corrected chi connectivity index (χ1v) is 9.03. The Kier molecular flexibility index (Phi) is 5.86. The quantitative estimate of drug-likeness (QED) is 0.780. The second-order valence-corrected chi connectivity index (χ2v) is 6.61. The van der Waals surface area contributed by atoms with Crippen molar-refractivity contribution in [3.8, 4) is 0 Å². The molecule has 10 heteroatoms. The van der Waals surface area contributed by atoms with Gasteiger partial charge in [0.1, 0.15) is 18.4 Å². The Balaban J connectivity index is 1.78. The predicted molar refractivity (Wildman–Crippen MR) is 95.4 cm³/mol. The highest BCUT2D eigenvalue weighted by molar-refractivity contribution is 5.88. The summed E-state index contributed by atoms with van der Waals surface area (Å²) < 4.78 is 29.3. The van der Waals surface area contributed by atoms with E-state index in [1.54, 1.807) is 4.57 Å². The second kappa shape index (κ2) is 8.32. The Bertz CT molecular complexity index is 953. The van der Waals surface area contributed by atoms with Crippen molar-refractivity contribution in [1.29, 1.82) is 0 Å². The van der Waals surface area contributed by atoms with Gasteiger partial charge in [-0.05, 0) is 30.5 Å². The summed E-state index contributed by atoms with van der Waals surface area (Å²) in [7, 11) is 1.36. The van der Waals surface area contributed by atoms with Crippen LogP contribution in [0.3, 0.4) is 0 Å². The van der Waals surface area contributed by atoms with Gasteiger partial charge in [0.05, 0.1) is 0 Å². The normalized spacial score (nSPS) is 14.7. The molecule has 2 heterocycles. The SMILES string of the molecule is CNC(=O)C(NC(=O)Cn1nc2n(c1=O)CCCCC2)c1ccc(F)c(F)c1. The maximum absolute atomic E-state index is 13.5. The van der Waals surface area contributed by atoms with Crippen molar-refractivity contribution in [2.45, 2.75) is 44.8 Å². The summed E-state index contributed by atoms with van der Waals surface area (Å²) in [6, 6.07) is 1.71. The van der Waals surface area contributed by atoms with Crippen molar-refractivity contribution in [1.82, 2.24) is 25.0 Å². The van der Waals surface area contributed by atoms with Crippen molar-refractivity contribution in [3.05, 3.63) is 51.7 Å². The zero-order chi connectivity index (χ0) is 20.3. The van der Waals surface area contributed by atoms with E-state index in [0.29, 0.717) is 18.8 Å². The van der Waals surface area contributed by atoms with Gasteiger partial charge < -0.3 is 10.6 Å². The number of carbonyl (C=O) groups excluding carboxylic acids is 2. The van der Waals surface area contributed by atoms with Crippen LogP contribution < -0.4 is 16.3 Å². The van der Waals surface area contributed by atoms with E-state index in [1.807, 2.05) is 0 Å². The fraction of sp³-hybridized carbons (Fsp3) is 0.444. The maximum Gasteiger partial charge on any atom is 0.346 e. The van der Waals surface area contributed by atoms with Crippen LogP contribution in [0.1, 0.15) is 36.7 Å². The molecule has 0 aliphatic carbocycles. The molecule has 2 amide bonds. The number of nitrogens with zero attached hydrogens (tertiary/aromatic N) is 3. The number of carbonyl (C=O) groups is 2. The Morgan fingerprint density at radius 1 is 1.21 bits per heavy atom. The molecule has 1 atom stereocenters. The summed E-state index contributed by atoms with van der Waals surface area (Å²) in [5.74, 6) is -2.80. The van der Waals surface area contributed by atoms with Gasteiger partial charge in [-0.3, -0.25) is 14.2 Å². The number of benzene rings is 1. The van der Waals surface area contributed by atoms with Crippen LogP contribution >= 0.6 is 0 Å². The zero-order valence-corrected chi connectivity index (χ0v) is 15.4. The molecule has 1 aliphatic heterocycles. The number of amides is 2. The van der Waals surface area contributed by atoms with Crippen LogP contribution in [0.15, 0.2) is 23.0 Å². The van der Waals surface area contributed by atoms with Crippen LogP contribution in [0.2, 0.25) is 0 Å². The first-order valence-electron chi connectivity index (χ1n) is 9.03. The van der Waals surface area contributed by atoms with E-state index in [2.05, 4.69) is 15.7 Å². The molecule has 8 nitrogen and oxygen atoms in total. The number of aromatic nitrogens is 3. The molecule has 0 saturated carbocycles. The highest BCUT2D eigenvalue weighted by Gasteiger charge is 2.24. The molecular weight excluding hydrogens is 372 g/mol. The molecule has 1 aromatic heterocycles. The van der Waals surface area contributed by atoms with Gasteiger partial charge >= 0.3 is 5.69 Å².